The van der Waals surface area contributed by atoms with E-state index in [0.29, 0.717) is 38.0 Å². The quantitative estimate of drug-likeness (QED) is 0.00889. The number of carbonyl (C=O) groups is 4. The van der Waals surface area contributed by atoms with E-state index in [0.717, 1.165) is 148 Å². The van der Waals surface area contributed by atoms with Crippen molar-refractivity contribution in [2.45, 2.75) is 543 Å². The van der Waals surface area contributed by atoms with Crippen molar-refractivity contribution >= 4 is 31.7 Å². The summed E-state index contributed by atoms with van der Waals surface area (Å²) >= 11 is 0. The molecule has 122 heavy (non-hydrogen) atoms. The maximum Gasteiger partial charge on any atom is 0.472 e. The summed E-state index contributed by atoms with van der Waals surface area (Å²) in [7, 11) is -5.81. The third-order valence-corrected chi connectivity index (χ3v) is 25.7. The van der Waals surface area contributed by atoms with Crippen LogP contribution in [0.3, 0.4) is 0 Å². The zero-order valence-corrected chi connectivity index (χ0v) is 77.9. The number of phosphoric ester groups is 1. The van der Waals surface area contributed by atoms with Gasteiger partial charge in [0.1, 0.15) is 92.6 Å². The smallest absolute Gasteiger partial charge is 0.463 e. The van der Waals surface area contributed by atoms with Gasteiger partial charge in [0.25, 0.3) is 0 Å². The van der Waals surface area contributed by atoms with E-state index in [4.69, 9.17) is 46.9 Å². The number of hydrogen-bond donors (Lipinski definition) is 10. The van der Waals surface area contributed by atoms with Crippen LogP contribution < -0.4 is 0 Å². The average Bonchev–Trinajstić information content (AvgIpc) is 0.753. The van der Waals surface area contributed by atoms with Gasteiger partial charge in [-0.3, -0.25) is 28.2 Å². The second kappa shape index (κ2) is 73.9. The second-order valence-electron chi connectivity index (χ2n) is 35.9. The Labute approximate surface area is 737 Å². The van der Waals surface area contributed by atoms with E-state index in [2.05, 4.69) is 46.8 Å². The molecule has 0 spiro atoms. The lowest BCUT2D eigenvalue weighted by atomic mass is 9.84. The van der Waals surface area contributed by atoms with Gasteiger partial charge in [-0.2, -0.15) is 0 Å². The van der Waals surface area contributed by atoms with Crippen LogP contribution in [0.2, 0.25) is 0 Å². The fraction of sp³-hybridized carbons (Fsp3) is 0.938. The first-order valence-corrected chi connectivity index (χ1v) is 51.3. The summed E-state index contributed by atoms with van der Waals surface area (Å²) < 4.78 is 73.7. The van der Waals surface area contributed by atoms with Crippen LogP contribution in [0.5, 0.6) is 0 Å². The fourth-order valence-electron chi connectivity index (χ4n) is 16.7. The van der Waals surface area contributed by atoms with Gasteiger partial charge in [-0.05, 0) is 57.3 Å². The van der Waals surface area contributed by atoms with Gasteiger partial charge in [0.2, 0.25) is 0 Å². The maximum absolute atomic E-state index is 15.0. The van der Waals surface area contributed by atoms with Gasteiger partial charge in [0.15, 0.2) is 24.8 Å². The summed E-state index contributed by atoms with van der Waals surface area (Å²) in [4.78, 5) is 66.7. The van der Waals surface area contributed by atoms with Crippen molar-refractivity contribution in [3.05, 3.63) is 12.2 Å². The van der Waals surface area contributed by atoms with Crippen LogP contribution in [0, 0.1) is 5.92 Å². The second-order valence-corrected chi connectivity index (χ2v) is 37.3. The van der Waals surface area contributed by atoms with Gasteiger partial charge in [-0.15, -0.1) is 0 Å². The molecule has 2 saturated heterocycles. The number of hydrogen-bond acceptors (Lipinski definition) is 24. The van der Waals surface area contributed by atoms with Crippen molar-refractivity contribution in [1.82, 2.24) is 0 Å². The minimum Gasteiger partial charge on any atom is -0.463 e. The number of carbonyl (C=O) groups excluding carboxylic acids is 4. The normalized spacial score (nSPS) is 24.8. The predicted octanol–water partition coefficient (Wildman–Crippen LogP) is 19.4. The van der Waals surface area contributed by atoms with Crippen LogP contribution in [0.25, 0.3) is 0 Å². The highest BCUT2D eigenvalue weighted by Crippen LogP contribution is 2.49. The Morgan fingerprint density at radius 3 is 1.07 bits per heavy atom. The Hall–Kier alpha value is -2.79. The molecule has 0 amide bonds. The van der Waals surface area contributed by atoms with E-state index in [-0.39, 0.29) is 25.7 Å². The molecule has 26 heteroatoms. The Morgan fingerprint density at radius 2 is 0.664 bits per heavy atom. The highest BCUT2D eigenvalue weighted by molar-refractivity contribution is 7.47. The number of aliphatic hydroxyl groups excluding tert-OH is 9. The Kier molecular flexibility index (Phi) is 68.7. The molecule has 19 unspecified atom stereocenters. The molecule has 2 heterocycles. The SMILES string of the molecule is CCCCCC/C=C\CCCCCCCCCC(=O)OCC1OC(OC2C(OC(=O)CCCCCCCCCCCCCCCCCC)C(O)C(O)C(OC3OC(CO)C(O)C(O)C3O)C2OP(=O)(O)OCC(COC(=O)CCCCCCCCCCCCCCCCCC)OC(=O)CCCCCCCCC(C)CCCCCCCC)C(O)C(O)C1O. The van der Waals surface area contributed by atoms with Gasteiger partial charge in [0, 0.05) is 25.7 Å². The highest BCUT2D eigenvalue weighted by Gasteiger charge is 2.60. The molecule has 19 atom stereocenters. The zero-order chi connectivity index (χ0) is 89.1. The molecule has 0 radical (unpaired) electrons. The summed E-state index contributed by atoms with van der Waals surface area (Å²) in [6, 6.07) is 0. The first kappa shape index (κ1) is 113. The van der Waals surface area contributed by atoms with Gasteiger partial charge in [-0.25, -0.2) is 4.57 Å². The highest BCUT2D eigenvalue weighted by atomic mass is 31.2. The molecule has 25 nitrogen and oxygen atoms in total. The number of aliphatic hydroxyl groups is 9. The molecule has 3 aliphatic rings. The summed E-state index contributed by atoms with van der Waals surface area (Å²) in [6.07, 6.45) is 33.1. The molecule has 3 fully saturated rings. The molecular formula is C96H179O25P. The van der Waals surface area contributed by atoms with E-state index in [1.807, 2.05) is 0 Å². The molecule has 0 bridgehead atoms. The van der Waals surface area contributed by atoms with Crippen molar-refractivity contribution in [2.75, 3.05) is 26.4 Å². The van der Waals surface area contributed by atoms with Crippen molar-refractivity contribution in [3.63, 3.8) is 0 Å². The average molecular weight is 1760 g/mol. The van der Waals surface area contributed by atoms with Crippen LogP contribution in [0.15, 0.2) is 12.2 Å². The van der Waals surface area contributed by atoms with Gasteiger partial charge in [-0.1, -0.05) is 374 Å². The first-order valence-electron chi connectivity index (χ1n) is 49.8. The number of esters is 4. The third-order valence-electron chi connectivity index (χ3n) is 24.7. The van der Waals surface area contributed by atoms with Crippen molar-refractivity contribution in [1.29, 1.82) is 0 Å². The number of rotatable bonds is 81. The number of allylic oxidation sites excluding steroid dienone is 2. The largest absolute Gasteiger partial charge is 0.472 e. The van der Waals surface area contributed by atoms with E-state index < -0.39 is 162 Å². The lowest BCUT2D eigenvalue weighted by Crippen LogP contribution is -2.70. The van der Waals surface area contributed by atoms with Gasteiger partial charge >= 0.3 is 31.7 Å². The molecule has 0 aromatic carbocycles. The van der Waals surface area contributed by atoms with Crippen molar-refractivity contribution < 1.29 is 122 Å². The molecule has 718 valence electrons. The van der Waals surface area contributed by atoms with Crippen molar-refractivity contribution in [2.24, 2.45) is 5.92 Å². The Balaban J connectivity index is 1.90. The predicted molar refractivity (Wildman–Crippen MR) is 476 cm³/mol. The molecule has 2 aliphatic heterocycles. The van der Waals surface area contributed by atoms with Crippen LogP contribution in [0.1, 0.15) is 439 Å². The summed E-state index contributed by atoms with van der Waals surface area (Å²) in [5.41, 5.74) is 0. The summed E-state index contributed by atoms with van der Waals surface area (Å²) in [5.74, 6) is -2.28. The lowest BCUT2D eigenvalue weighted by Gasteiger charge is -2.50. The molecule has 0 aromatic rings. The van der Waals surface area contributed by atoms with E-state index in [1.54, 1.807) is 0 Å². The monoisotopic (exact) mass is 1760 g/mol. The Bertz CT molecular complexity index is 2590. The van der Waals surface area contributed by atoms with E-state index in [1.165, 1.54) is 199 Å². The third kappa shape index (κ3) is 53.4. The van der Waals surface area contributed by atoms with Crippen LogP contribution in [0.4, 0.5) is 0 Å². The maximum atomic E-state index is 15.0. The Morgan fingerprint density at radius 1 is 0.344 bits per heavy atom. The minimum absolute atomic E-state index is 0.0109. The molecular weight excluding hydrogens is 1580 g/mol. The van der Waals surface area contributed by atoms with E-state index >= 15 is 0 Å². The lowest BCUT2D eigenvalue weighted by molar-refractivity contribution is -0.360. The fourth-order valence-corrected chi connectivity index (χ4v) is 17.6. The van der Waals surface area contributed by atoms with Crippen molar-refractivity contribution in [3.8, 4) is 0 Å². The van der Waals surface area contributed by atoms with Gasteiger partial charge in [0.05, 0.1) is 13.2 Å². The van der Waals surface area contributed by atoms with Gasteiger partial charge < -0.3 is 88.7 Å². The molecule has 3 rings (SSSR count). The number of phosphoric acid groups is 1. The minimum atomic E-state index is -5.81. The molecule has 1 saturated carbocycles. The summed E-state index contributed by atoms with van der Waals surface area (Å²) in [6.45, 7) is 7.97. The topological polar surface area (TPSA) is 380 Å². The van der Waals surface area contributed by atoms with Crippen LogP contribution >= 0.6 is 7.82 Å². The van der Waals surface area contributed by atoms with Crippen LogP contribution in [-0.4, -0.2) is 205 Å². The van der Waals surface area contributed by atoms with Crippen LogP contribution in [-0.2, 0) is 70.7 Å². The number of unbranched alkanes of at least 4 members (excludes halogenated alkanes) is 51. The van der Waals surface area contributed by atoms with E-state index in [9.17, 15) is 74.6 Å². The molecule has 0 aromatic heterocycles. The zero-order valence-electron chi connectivity index (χ0n) is 77.0. The standard InChI is InChI=1S/C96H179O25P/c1-6-10-14-18-22-25-28-31-34-37-40-42-45-48-55-61-67-79(98)112-72-76(115-81(100)69-63-58-52-51-54-60-66-75(5)65-59-53-21-17-13-9-4)73-114-122(110,111)121-94-92(119-95-89(108)85(104)83(102)77(71-97)116-95)88(107)87(106)91(118-82(101)70-64-57-50-47-44-41-38-35-32-29-26-23-19-15-11-7-2)93(94)120-96-90(109)86(105)84(103)78(117-96)74-113-80(99)68-62-56-49-46-43-39-36-33-30-27-24-20-16-12-8-3/h27,30,75-78,83-97,102-109H,6-26,28-29,31-74H2,1-5H3,(H,110,111)/b30-27-. The molecule has 10 N–H and O–H groups in total. The summed E-state index contributed by atoms with van der Waals surface area (Å²) in [5, 5.41) is 103. The number of ether oxygens (including phenoxy) is 8. The first-order chi connectivity index (χ1) is 59.1. The molecule has 1 aliphatic carbocycles.